The number of rotatable bonds is 4. The molecule has 0 radical (unpaired) electrons. The summed E-state index contributed by atoms with van der Waals surface area (Å²) in [4.78, 5) is 29.8. The van der Waals surface area contributed by atoms with Gasteiger partial charge in [0.25, 0.3) is 0 Å². The highest BCUT2D eigenvalue weighted by Crippen LogP contribution is 2.12. The Morgan fingerprint density at radius 3 is 2.57 bits per heavy atom. The van der Waals surface area contributed by atoms with Crippen LogP contribution in [0.3, 0.4) is 0 Å². The molecule has 0 aromatic carbocycles. The van der Waals surface area contributed by atoms with Crippen molar-refractivity contribution in [3.05, 3.63) is 18.1 Å². The summed E-state index contributed by atoms with van der Waals surface area (Å²) in [6.45, 7) is 1.35. The van der Waals surface area contributed by atoms with Crippen LogP contribution in [-0.2, 0) is 4.79 Å². The number of hydrogen-bond acceptors (Lipinski definition) is 5. The fourth-order valence-corrected chi connectivity index (χ4v) is 0.976. The molecule has 0 aliphatic heterocycles. The van der Waals surface area contributed by atoms with Crippen LogP contribution in [0.15, 0.2) is 12.4 Å². The molecule has 5 nitrogen and oxygen atoms in total. The first-order chi connectivity index (χ1) is 6.65. The third-order valence-corrected chi connectivity index (χ3v) is 1.53. The molecule has 74 valence electrons. The average molecular weight is 194 g/mol. The number of ketones is 2. The summed E-state index contributed by atoms with van der Waals surface area (Å²) in [5.41, 5.74) is 0.102. The summed E-state index contributed by atoms with van der Waals surface area (Å²) in [5, 5.41) is 0. The van der Waals surface area contributed by atoms with E-state index in [0.29, 0.717) is 0 Å². The minimum absolute atomic E-state index is 0.102. The van der Waals surface area contributed by atoms with E-state index in [2.05, 4.69) is 9.97 Å². The molecule has 0 N–H and O–H groups in total. The van der Waals surface area contributed by atoms with Crippen LogP contribution in [0.5, 0.6) is 5.88 Å². The second kappa shape index (κ2) is 4.45. The Morgan fingerprint density at radius 2 is 2.00 bits per heavy atom. The van der Waals surface area contributed by atoms with Crippen molar-refractivity contribution in [1.29, 1.82) is 0 Å². The van der Waals surface area contributed by atoms with Crippen LogP contribution in [0.2, 0.25) is 0 Å². The summed E-state index contributed by atoms with van der Waals surface area (Å²) in [7, 11) is 1.40. The van der Waals surface area contributed by atoms with Crippen LogP contribution in [-0.4, -0.2) is 28.6 Å². The molecule has 0 bridgehead atoms. The Labute approximate surface area is 81.1 Å². The lowest BCUT2D eigenvalue weighted by molar-refractivity contribution is -0.116. The Kier molecular flexibility index (Phi) is 3.28. The van der Waals surface area contributed by atoms with Gasteiger partial charge in [0.2, 0.25) is 5.88 Å². The topological polar surface area (TPSA) is 69.2 Å². The quantitative estimate of drug-likeness (QED) is 0.519. The predicted molar refractivity (Wildman–Crippen MR) is 48.2 cm³/mol. The fraction of sp³-hybridized carbons (Fsp3) is 0.333. The van der Waals surface area contributed by atoms with E-state index in [1.807, 2.05) is 0 Å². The van der Waals surface area contributed by atoms with Crippen molar-refractivity contribution in [2.24, 2.45) is 0 Å². The van der Waals surface area contributed by atoms with Gasteiger partial charge in [-0.3, -0.25) is 9.59 Å². The highest BCUT2D eigenvalue weighted by atomic mass is 16.5. The van der Waals surface area contributed by atoms with Gasteiger partial charge in [-0.15, -0.1) is 0 Å². The van der Waals surface area contributed by atoms with Crippen LogP contribution >= 0.6 is 0 Å². The Hall–Kier alpha value is -1.78. The van der Waals surface area contributed by atoms with E-state index in [4.69, 9.17) is 4.74 Å². The lowest BCUT2D eigenvalue weighted by atomic mass is 10.1. The molecule has 14 heavy (non-hydrogen) atoms. The number of nitrogens with zero attached hydrogens (tertiary/aromatic N) is 2. The normalized spacial score (nSPS) is 9.57. The number of hydrogen-bond donors (Lipinski definition) is 0. The number of carbonyl (C=O) groups excluding carboxylic acids is 2. The highest BCUT2D eigenvalue weighted by Gasteiger charge is 2.15. The van der Waals surface area contributed by atoms with Gasteiger partial charge in [-0.25, -0.2) is 9.97 Å². The van der Waals surface area contributed by atoms with Gasteiger partial charge in [-0.1, -0.05) is 0 Å². The Morgan fingerprint density at radius 1 is 1.36 bits per heavy atom. The van der Waals surface area contributed by atoms with E-state index in [-0.39, 0.29) is 29.6 Å². The lowest BCUT2D eigenvalue weighted by Crippen LogP contribution is -2.09. The summed E-state index contributed by atoms with van der Waals surface area (Å²) in [6.07, 6.45) is 2.63. The summed E-state index contributed by atoms with van der Waals surface area (Å²) >= 11 is 0. The fourth-order valence-electron chi connectivity index (χ4n) is 0.976. The molecule has 0 unspecified atom stereocenters. The van der Waals surface area contributed by atoms with E-state index in [1.165, 1.54) is 26.4 Å². The molecule has 0 saturated heterocycles. The highest BCUT2D eigenvalue weighted by molar-refractivity contribution is 6.07. The molecule has 1 rings (SSSR count). The molecule has 0 saturated carbocycles. The maximum absolute atomic E-state index is 11.4. The second-order valence-electron chi connectivity index (χ2n) is 2.72. The van der Waals surface area contributed by atoms with Gasteiger partial charge in [0.1, 0.15) is 5.78 Å². The van der Waals surface area contributed by atoms with Crippen molar-refractivity contribution in [3.8, 4) is 5.88 Å². The molecular formula is C9H10N2O3. The summed E-state index contributed by atoms with van der Waals surface area (Å²) in [6, 6.07) is 0. The van der Waals surface area contributed by atoms with Crippen LogP contribution < -0.4 is 4.74 Å². The van der Waals surface area contributed by atoms with Crippen LogP contribution in [0, 0.1) is 0 Å². The van der Waals surface area contributed by atoms with Crippen LogP contribution in [0.25, 0.3) is 0 Å². The first kappa shape index (κ1) is 10.3. The molecule has 1 heterocycles. The maximum Gasteiger partial charge on any atom is 0.243 e. The van der Waals surface area contributed by atoms with Gasteiger partial charge >= 0.3 is 0 Å². The molecule has 0 amide bonds. The van der Waals surface area contributed by atoms with Crippen molar-refractivity contribution in [3.63, 3.8) is 0 Å². The smallest absolute Gasteiger partial charge is 0.243 e. The van der Waals surface area contributed by atoms with Crippen molar-refractivity contribution in [2.75, 3.05) is 7.11 Å². The summed E-state index contributed by atoms with van der Waals surface area (Å²) < 4.78 is 4.84. The minimum atomic E-state index is -0.373. The van der Waals surface area contributed by atoms with Crippen LogP contribution in [0.4, 0.5) is 0 Å². The van der Waals surface area contributed by atoms with E-state index in [9.17, 15) is 9.59 Å². The van der Waals surface area contributed by atoms with Crippen molar-refractivity contribution in [1.82, 2.24) is 9.97 Å². The number of aromatic nitrogens is 2. The third kappa shape index (κ3) is 2.35. The van der Waals surface area contributed by atoms with Gasteiger partial charge in [0.15, 0.2) is 11.5 Å². The number of carbonyl (C=O) groups is 2. The average Bonchev–Trinajstić information content (AvgIpc) is 2.16. The molecule has 0 atom stereocenters. The standard InChI is InChI=1S/C9H10N2O3/c1-6(12)5-7(13)8-9(14-2)11-4-3-10-8/h3-4H,5H2,1-2H3. The maximum atomic E-state index is 11.4. The largest absolute Gasteiger partial charge is 0.479 e. The Bertz CT molecular complexity index is 363. The molecular weight excluding hydrogens is 184 g/mol. The van der Waals surface area contributed by atoms with E-state index < -0.39 is 0 Å². The number of ether oxygens (including phenoxy) is 1. The first-order valence-corrected chi connectivity index (χ1v) is 4.02. The lowest BCUT2D eigenvalue weighted by Gasteiger charge is -2.02. The first-order valence-electron chi connectivity index (χ1n) is 4.02. The monoisotopic (exact) mass is 194 g/mol. The zero-order chi connectivity index (χ0) is 10.6. The molecule has 0 aliphatic carbocycles. The van der Waals surface area contributed by atoms with Gasteiger partial charge in [0, 0.05) is 12.4 Å². The molecule has 0 spiro atoms. The second-order valence-corrected chi connectivity index (χ2v) is 2.72. The number of methoxy groups -OCH3 is 1. The minimum Gasteiger partial charge on any atom is -0.479 e. The van der Waals surface area contributed by atoms with E-state index in [0.717, 1.165) is 0 Å². The molecule has 1 aromatic rings. The van der Waals surface area contributed by atoms with Gasteiger partial charge in [0.05, 0.1) is 13.5 Å². The zero-order valence-corrected chi connectivity index (χ0v) is 7.98. The molecule has 0 aliphatic rings. The molecule has 1 aromatic heterocycles. The summed E-state index contributed by atoms with van der Waals surface area (Å²) in [5.74, 6) is -0.427. The molecule has 0 fully saturated rings. The Balaban J connectivity index is 2.94. The molecule has 5 heteroatoms. The van der Waals surface area contributed by atoms with Gasteiger partial charge < -0.3 is 4.74 Å². The third-order valence-electron chi connectivity index (χ3n) is 1.53. The van der Waals surface area contributed by atoms with E-state index >= 15 is 0 Å². The predicted octanol–water partition coefficient (Wildman–Crippen LogP) is 0.647. The van der Waals surface area contributed by atoms with Gasteiger partial charge in [-0.05, 0) is 6.92 Å². The SMILES string of the molecule is COc1nccnc1C(=O)CC(C)=O. The van der Waals surface area contributed by atoms with E-state index in [1.54, 1.807) is 0 Å². The van der Waals surface area contributed by atoms with Crippen molar-refractivity contribution >= 4 is 11.6 Å². The van der Waals surface area contributed by atoms with Gasteiger partial charge in [-0.2, -0.15) is 0 Å². The van der Waals surface area contributed by atoms with Crippen LogP contribution in [0.1, 0.15) is 23.8 Å². The van der Waals surface area contributed by atoms with Crippen molar-refractivity contribution < 1.29 is 14.3 Å². The number of Topliss-reactive ketones (excluding diaryl/α,β-unsaturated/α-hetero) is 2. The zero-order valence-electron chi connectivity index (χ0n) is 7.98. The van der Waals surface area contributed by atoms with Crippen molar-refractivity contribution in [2.45, 2.75) is 13.3 Å².